The van der Waals surface area contributed by atoms with Gasteiger partial charge in [0.1, 0.15) is 0 Å². The van der Waals surface area contributed by atoms with Crippen molar-refractivity contribution in [3.63, 3.8) is 0 Å². The smallest absolute Gasteiger partial charge is 0.367 e. The van der Waals surface area contributed by atoms with E-state index in [1.165, 1.54) is 17.7 Å². The van der Waals surface area contributed by atoms with Gasteiger partial charge in [-0.15, -0.1) is 0 Å². The van der Waals surface area contributed by atoms with Gasteiger partial charge >= 0.3 is 6.18 Å². The Morgan fingerprint density at radius 1 is 1.07 bits per heavy atom. The van der Waals surface area contributed by atoms with Gasteiger partial charge in [-0.25, -0.2) is 0 Å². The zero-order valence-electron chi connectivity index (χ0n) is 16.2. The van der Waals surface area contributed by atoms with E-state index < -0.39 is 17.6 Å². The van der Waals surface area contributed by atoms with Crippen LogP contribution in [0.3, 0.4) is 0 Å². The average molecular weight is 403 g/mol. The first-order valence-corrected chi connectivity index (χ1v) is 9.53. The first kappa shape index (κ1) is 20.9. The van der Waals surface area contributed by atoms with Crippen molar-refractivity contribution in [1.29, 1.82) is 0 Å². The van der Waals surface area contributed by atoms with E-state index in [2.05, 4.69) is 22.3 Å². The quantitative estimate of drug-likeness (QED) is 0.745. The van der Waals surface area contributed by atoms with Crippen LogP contribution in [0.5, 0.6) is 0 Å². The number of nitrogens with one attached hydrogen (secondary N) is 1. The number of carbonyl (C=O) groups is 1. The molecule has 4 nitrogen and oxygen atoms in total. The summed E-state index contributed by atoms with van der Waals surface area (Å²) in [6.45, 7) is 5.44. The van der Waals surface area contributed by atoms with E-state index in [0.29, 0.717) is 18.8 Å². The zero-order valence-corrected chi connectivity index (χ0v) is 16.2. The van der Waals surface area contributed by atoms with Crippen LogP contribution in [-0.2, 0) is 17.5 Å². The van der Waals surface area contributed by atoms with Crippen molar-refractivity contribution < 1.29 is 18.0 Å². The van der Waals surface area contributed by atoms with Gasteiger partial charge in [-0.05, 0) is 36.8 Å². The van der Waals surface area contributed by atoms with Crippen LogP contribution in [0, 0.1) is 0 Å². The van der Waals surface area contributed by atoms with Crippen molar-refractivity contribution in [2.75, 3.05) is 36.4 Å². The first-order chi connectivity index (χ1) is 13.9. The highest BCUT2D eigenvalue weighted by atomic mass is 19.4. The molecule has 1 amide bonds. The van der Waals surface area contributed by atoms with Crippen molar-refractivity contribution in [1.82, 2.24) is 4.90 Å². The molecule has 29 heavy (non-hydrogen) atoms. The second-order valence-electron chi connectivity index (χ2n) is 6.97. The average Bonchev–Trinajstić information content (AvgIpc) is 2.69. The molecular weight excluding hydrogens is 379 g/mol. The number of nitrogens with zero attached hydrogens (tertiary/aromatic N) is 2. The Bertz CT molecular complexity index is 857. The molecule has 1 fully saturated rings. The van der Waals surface area contributed by atoms with E-state index in [4.69, 9.17) is 0 Å². The molecule has 0 aromatic heterocycles. The number of halogens is 3. The number of allylic oxidation sites excluding steroid dienone is 1. The molecule has 3 rings (SSSR count). The third-order valence-electron chi connectivity index (χ3n) is 4.86. The molecule has 2 aromatic carbocycles. The Balaban J connectivity index is 1.74. The third kappa shape index (κ3) is 5.60. The molecule has 1 aliphatic rings. The van der Waals surface area contributed by atoms with E-state index in [0.717, 1.165) is 31.8 Å². The SMILES string of the molecule is C/C=C/C(=O)Nc1cc(C(F)(F)F)ccc1N1CCN(Cc2ccccc2)CC1. The van der Waals surface area contributed by atoms with E-state index >= 15 is 0 Å². The lowest BCUT2D eigenvalue weighted by Crippen LogP contribution is -2.46. The zero-order chi connectivity index (χ0) is 20.9. The summed E-state index contributed by atoms with van der Waals surface area (Å²) < 4.78 is 39.4. The number of rotatable bonds is 5. The third-order valence-corrected chi connectivity index (χ3v) is 4.86. The summed E-state index contributed by atoms with van der Waals surface area (Å²) in [5, 5.41) is 2.59. The van der Waals surface area contributed by atoms with Crippen LogP contribution in [0.15, 0.2) is 60.7 Å². The lowest BCUT2D eigenvalue weighted by molar-refractivity contribution is -0.137. The lowest BCUT2D eigenvalue weighted by Gasteiger charge is -2.37. The number of hydrogen-bond donors (Lipinski definition) is 1. The van der Waals surface area contributed by atoms with E-state index in [-0.39, 0.29) is 5.69 Å². The van der Waals surface area contributed by atoms with Gasteiger partial charge in [0, 0.05) is 32.7 Å². The summed E-state index contributed by atoms with van der Waals surface area (Å²) in [5.41, 5.74) is 1.24. The number of hydrogen-bond acceptors (Lipinski definition) is 3. The number of benzene rings is 2. The van der Waals surface area contributed by atoms with Crippen molar-refractivity contribution >= 4 is 17.3 Å². The molecule has 0 unspecified atom stereocenters. The Morgan fingerprint density at radius 3 is 2.38 bits per heavy atom. The largest absolute Gasteiger partial charge is 0.416 e. The van der Waals surface area contributed by atoms with Crippen molar-refractivity contribution in [2.24, 2.45) is 0 Å². The van der Waals surface area contributed by atoms with Gasteiger partial charge in [0.25, 0.3) is 0 Å². The molecule has 1 aliphatic heterocycles. The Labute approximate surface area is 168 Å². The van der Waals surface area contributed by atoms with Crippen LogP contribution in [0.2, 0.25) is 0 Å². The normalized spacial score (nSPS) is 15.7. The number of piperazine rings is 1. The second kappa shape index (κ2) is 9.13. The highest BCUT2D eigenvalue weighted by molar-refractivity contribution is 6.01. The predicted octanol–water partition coefficient (Wildman–Crippen LogP) is 4.54. The van der Waals surface area contributed by atoms with Crippen LogP contribution in [0.25, 0.3) is 0 Å². The number of alkyl halides is 3. The van der Waals surface area contributed by atoms with Gasteiger partial charge in [-0.1, -0.05) is 36.4 Å². The highest BCUT2D eigenvalue weighted by Gasteiger charge is 2.32. The van der Waals surface area contributed by atoms with Gasteiger partial charge < -0.3 is 10.2 Å². The maximum atomic E-state index is 13.1. The summed E-state index contributed by atoms with van der Waals surface area (Å²) in [6, 6.07) is 13.7. The fraction of sp³-hybridized carbons (Fsp3) is 0.318. The van der Waals surface area contributed by atoms with Gasteiger partial charge in [0.2, 0.25) is 5.91 Å². The number of carbonyl (C=O) groups excluding carboxylic acids is 1. The van der Waals surface area contributed by atoms with E-state index in [9.17, 15) is 18.0 Å². The highest BCUT2D eigenvalue weighted by Crippen LogP contribution is 2.36. The fourth-order valence-corrected chi connectivity index (χ4v) is 3.40. The molecule has 0 atom stereocenters. The van der Waals surface area contributed by atoms with E-state index in [1.807, 2.05) is 23.1 Å². The summed E-state index contributed by atoms with van der Waals surface area (Å²) in [4.78, 5) is 16.3. The molecule has 1 heterocycles. The Hall–Kier alpha value is -2.80. The first-order valence-electron chi connectivity index (χ1n) is 9.53. The molecule has 0 aliphatic carbocycles. The van der Waals surface area contributed by atoms with Gasteiger partial charge in [-0.2, -0.15) is 13.2 Å². The maximum absolute atomic E-state index is 13.1. The second-order valence-corrected chi connectivity index (χ2v) is 6.97. The molecule has 0 bridgehead atoms. The molecule has 1 saturated heterocycles. The minimum absolute atomic E-state index is 0.180. The van der Waals surface area contributed by atoms with Gasteiger partial charge in [0.05, 0.1) is 16.9 Å². The molecule has 154 valence electrons. The Kier molecular flexibility index (Phi) is 6.59. The summed E-state index contributed by atoms with van der Waals surface area (Å²) >= 11 is 0. The molecule has 1 N–H and O–H groups in total. The fourth-order valence-electron chi connectivity index (χ4n) is 3.40. The predicted molar refractivity (Wildman–Crippen MR) is 109 cm³/mol. The Morgan fingerprint density at radius 2 is 1.76 bits per heavy atom. The van der Waals surface area contributed by atoms with Crippen molar-refractivity contribution in [3.05, 3.63) is 71.8 Å². The standard InChI is InChI=1S/C22H24F3N3O/c1-2-6-21(29)26-19-15-18(22(23,24)25)9-10-20(19)28-13-11-27(12-14-28)16-17-7-4-3-5-8-17/h2-10,15H,11-14,16H2,1H3,(H,26,29)/b6-2+. The molecule has 2 aromatic rings. The maximum Gasteiger partial charge on any atom is 0.416 e. The van der Waals surface area contributed by atoms with Crippen LogP contribution in [0.1, 0.15) is 18.1 Å². The van der Waals surface area contributed by atoms with Gasteiger partial charge in [-0.3, -0.25) is 9.69 Å². The van der Waals surface area contributed by atoms with Crippen molar-refractivity contribution in [2.45, 2.75) is 19.6 Å². The van der Waals surface area contributed by atoms with Crippen LogP contribution in [0.4, 0.5) is 24.5 Å². The van der Waals surface area contributed by atoms with Crippen LogP contribution < -0.4 is 10.2 Å². The topological polar surface area (TPSA) is 35.6 Å². The van der Waals surface area contributed by atoms with Gasteiger partial charge in [0.15, 0.2) is 0 Å². The molecular formula is C22H24F3N3O. The summed E-state index contributed by atoms with van der Waals surface area (Å²) in [7, 11) is 0. The number of amides is 1. The molecule has 7 heteroatoms. The molecule has 0 saturated carbocycles. The minimum atomic E-state index is -4.47. The van der Waals surface area contributed by atoms with Crippen LogP contribution >= 0.6 is 0 Å². The minimum Gasteiger partial charge on any atom is -0.367 e. The monoisotopic (exact) mass is 403 g/mol. The number of anilines is 2. The molecule has 0 spiro atoms. The van der Waals surface area contributed by atoms with Crippen molar-refractivity contribution in [3.8, 4) is 0 Å². The van der Waals surface area contributed by atoms with E-state index in [1.54, 1.807) is 13.0 Å². The summed E-state index contributed by atoms with van der Waals surface area (Å²) in [5.74, 6) is -0.448. The van der Waals surface area contributed by atoms with Crippen LogP contribution in [-0.4, -0.2) is 37.0 Å². The molecule has 0 radical (unpaired) electrons. The lowest BCUT2D eigenvalue weighted by atomic mass is 10.1. The summed E-state index contributed by atoms with van der Waals surface area (Å²) in [6.07, 6.45) is -1.63.